The van der Waals surface area contributed by atoms with E-state index in [9.17, 15) is 119 Å². The normalized spacial score (nSPS) is 31.1. The Kier molecular flexibility index (Phi) is 42.8. The van der Waals surface area contributed by atoms with Crippen molar-refractivity contribution in [3.63, 3.8) is 0 Å². The molecule has 0 radical (unpaired) electrons. The number of aliphatic hydroxyl groups excluding tert-OH is 12. The van der Waals surface area contributed by atoms with E-state index in [1.54, 1.807) is 83.1 Å². The lowest BCUT2D eigenvalue weighted by molar-refractivity contribution is -0.327. The monoisotopic (exact) mass is 1580 g/mol. The molecule has 37 heteroatoms. The van der Waals surface area contributed by atoms with E-state index in [2.05, 4.69) is 16.0 Å². The smallest absolute Gasteiger partial charge is 0.364 e. The SMILES string of the molecule is CCC(C)C(=O)CC1C(O)CC(OC(C)C)(C(=O)O)OC1C(O)C(O)CO.CCC(C)C(=O)CC1C(O)CC(OC(C)C)(C(=O)O)OC1C(O)C(O)CO.CCC(C)C(=O)CC1OC(OC(C)C)(C(=O)O)CC(O)C1NC(C)=O.CCC(C)C(=O)NCC(O)C(O)C1OC(OC(C)C)(C(=O)O)CC(O)C1NC(C)=O. The zero-order valence-corrected chi connectivity index (χ0v) is 65.9. The number of carbonyl (C=O) groups excluding carboxylic acids is 6. The van der Waals surface area contributed by atoms with Gasteiger partial charge in [0.15, 0.2) is 0 Å². The Morgan fingerprint density at radius 3 is 0.963 bits per heavy atom. The molecular weight excluding hydrogens is 1450 g/mol. The van der Waals surface area contributed by atoms with E-state index in [-0.39, 0.29) is 79.2 Å². The average molecular weight is 1580 g/mol. The lowest BCUT2D eigenvalue weighted by Crippen LogP contribution is -2.68. The Labute approximate surface area is 636 Å². The number of ether oxygens (including phenoxy) is 8. The second-order valence-electron chi connectivity index (χ2n) is 29.7. The van der Waals surface area contributed by atoms with Gasteiger partial charge in [-0.05, 0) is 81.1 Å². The Morgan fingerprint density at radius 2 is 0.670 bits per heavy atom. The van der Waals surface area contributed by atoms with Gasteiger partial charge in [0.1, 0.15) is 54.0 Å². The molecule has 26 unspecified atom stereocenters. The van der Waals surface area contributed by atoms with Gasteiger partial charge in [0.05, 0.1) is 98.5 Å². The van der Waals surface area contributed by atoms with Crippen LogP contribution in [0.1, 0.15) is 195 Å². The fourth-order valence-electron chi connectivity index (χ4n) is 12.5. The molecule has 109 heavy (non-hydrogen) atoms. The zero-order chi connectivity index (χ0) is 84.5. The molecule has 26 atom stereocenters. The summed E-state index contributed by atoms with van der Waals surface area (Å²) in [5, 5.41) is 168. The first-order chi connectivity index (χ1) is 50.3. The van der Waals surface area contributed by atoms with Crippen molar-refractivity contribution in [3.05, 3.63) is 0 Å². The van der Waals surface area contributed by atoms with E-state index >= 15 is 0 Å². The van der Waals surface area contributed by atoms with Gasteiger partial charge in [-0.25, -0.2) is 19.2 Å². The van der Waals surface area contributed by atoms with Gasteiger partial charge in [0, 0.05) is 101 Å². The number of carboxylic acid groups (broad SMARTS) is 4. The van der Waals surface area contributed by atoms with E-state index in [1.165, 1.54) is 13.8 Å². The van der Waals surface area contributed by atoms with Crippen molar-refractivity contribution in [1.29, 1.82) is 0 Å². The molecule has 4 heterocycles. The average Bonchev–Trinajstić information content (AvgIpc) is 0.788. The molecule has 3 amide bonds. The minimum absolute atomic E-state index is 0.118. The maximum absolute atomic E-state index is 12.4. The molecule has 4 aliphatic heterocycles. The second kappa shape index (κ2) is 46.0. The zero-order valence-electron chi connectivity index (χ0n) is 65.9. The molecule has 0 aromatic carbocycles. The van der Waals surface area contributed by atoms with Crippen LogP contribution < -0.4 is 16.0 Å². The minimum Gasteiger partial charge on any atom is -0.477 e. The van der Waals surface area contributed by atoms with Crippen LogP contribution in [0.25, 0.3) is 0 Å². The van der Waals surface area contributed by atoms with Crippen LogP contribution in [-0.4, -0.2) is 306 Å². The summed E-state index contributed by atoms with van der Waals surface area (Å²) in [5.74, 6) is -19.4. The number of carboxylic acids is 4. The lowest BCUT2D eigenvalue weighted by Gasteiger charge is -2.47. The number of aliphatic hydroxyl groups is 12. The van der Waals surface area contributed by atoms with Crippen LogP contribution in [0.5, 0.6) is 0 Å². The van der Waals surface area contributed by atoms with Crippen molar-refractivity contribution in [3.8, 4) is 0 Å². The first kappa shape index (κ1) is 102. The maximum atomic E-state index is 12.4. The van der Waals surface area contributed by atoms with Crippen LogP contribution in [-0.2, 0) is 85.8 Å². The van der Waals surface area contributed by atoms with E-state index < -0.39 is 225 Å². The second-order valence-corrected chi connectivity index (χ2v) is 29.7. The van der Waals surface area contributed by atoms with Crippen LogP contribution in [0, 0.1) is 35.5 Å². The maximum Gasteiger partial charge on any atom is 0.364 e. The Morgan fingerprint density at radius 1 is 0.394 bits per heavy atom. The number of hydrogen-bond donors (Lipinski definition) is 19. The topological polar surface area (TPSA) is 604 Å². The molecule has 0 aliphatic carbocycles. The molecule has 0 saturated carbocycles. The fraction of sp³-hybridized carbons (Fsp3) is 0.861. The third-order valence-electron chi connectivity index (χ3n) is 19.3. The highest BCUT2D eigenvalue weighted by atomic mass is 16.8. The molecular formula is C72H127N3O34. The quantitative estimate of drug-likeness (QED) is 0.0350. The van der Waals surface area contributed by atoms with E-state index in [4.69, 9.17) is 48.1 Å². The standard InChI is InChI=1S/C19H34N2O9.2C18H32O9.C17H29NO7/c1-6-10(4)17(26)20-8-13(24)15(25)16-14(21-11(5)22)12(23)7-19(30-16,18(27)28)29-9(2)3;2*1-5-10(4)12(20)6-11-13(21)7-18(17(24)25,26-9(2)3)27-16(11)15(23)14(22)8-19;1-6-10(4)12(20)7-14-15(18-11(5)19)13(21)8-17(25-14,16(22)23)24-9(2)3/h9-10,12-16,23-25H,6-8H2,1-5H3,(H,20,26)(H,21,22)(H,27,28);2*9-11,13-16,19,21-23H,5-8H2,1-4H3,(H,24,25);9-10,13-15,21H,6-8H2,1-5H3,(H,18,19)(H,22,23). The molecule has 19 N–H and O–H groups in total. The molecule has 37 nitrogen and oxygen atoms in total. The highest BCUT2D eigenvalue weighted by Gasteiger charge is 2.60. The van der Waals surface area contributed by atoms with E-state index in [1.807, 2.05) is 27.7 Å². The van der Waals surface area contributed by atoms with Crippen molar-refractivity contribution in [2.75, 3.05) is 19.8 Å². The van der Waals surface area contributed by atoms with E-state index in [0.717, 1.165) is 0 Å². The fourth-order valence-corrected chi connectivity index (χ4v) is 12.5. The number of hydrogen-bond acceptors (Lipinski definition) is 30. The third-order valence-corrected chi connectivity index (χ3v) is 19.3. The molecule has 4 saturated heterocycles. The summed E-state index contributed by atoms with van der Waals surface area (Å²) in [6.07, 6.45) is -22.6. The molecule has 0 spiro atoms. The van der Waals surface area contributed by atoms with Crippen molar-refractivity contribution >= 4 is 58.9 Å². The third kappa shape index (κ3) is 29.4. The van der Waals surface area contributed by atoms with Gasteiger partial charge in [-0.2, -0.15) is 0 Å². The molecule has 0 bridgehead atoms. The van der Waals surface area contributed by atoms with Gasteiger partial charge in [-0.3, -0.25) is 28.8 Å². The summed E-state index contributed by atoms with van der Waals surface area (Å²) in [4.78, 5) is 119. The first-order valence-electron chi connectivity index (χ1n) is 37.1. The van der Waals surface area contributed by atoms with Gasteiger partial charge >= 0.3 is 23.9 Å². The molecule has 4 rings (SSSR count). The molecule has 0 aromatic heterocycles. The van der Waals surface area contributed by atoms with Crippen LogP contribution in [0.15, 0.2) is 0 Å². The van der Waals surface area contributed by atoms with Crippen LogP contribution in [0.3, 0.4) is 0 Å². The summed E-state index contributed by atoms with van der Waals surface area (Å²) in [7, 11) is 0. The summed E-state index contributed by atoms with van der Waals surface area (Å²) >= 11 is 0. The van der Waals surface area contributed by atoms with Gasteiger partial charge < -0.3 is 136 Å². The summed E-state index contributed by atoms with van der Waals surface area (Å²) < 4.78 is 44.1. The van der Waals surface area contributed by atoms with Crippen molar-refractivity contribution in [2.24, 2.45) is 35.5 Å². The van der Waals surface area contributed by atoms with E-state index in [0.29, 0.717) is 25.7 Å². The molecule has 634 valence electrons. The van der Waals surface area contributed by atoms with Gasteiger partial charge in [0.25, 0.3) is 23.1 Å². The van der Waals surface area contributed by atoms with Gasteiger partial charge in [-0.1, -0.05) is 55.4 Å². The number of rotatable bonds is 38. The number of ketones is 3. The van der Waals surface area contributed by atoms with Gasteiger partial charge in [-0.15, -0.1) is 0 Å². The van der Waals surface area contributed by atoms with Crippen LogP contribution >= 0.6 is 0 Å². The lowest BCUT2D eigenvalue weighted by atomic mass is 9.79. The van der Waals surface area contributed by atoms with Crippen molar-refractivity contribution < 1.29 is 168 Å². The Balaban J connectivity index is 0.000000728. The van der Waals surface area contributed by atoms with Gasteiger partial charge in [0.2, 0.25) is 17.7 Å². The van der Waals surface area contributed by atoms with Crippen molar-refractivity contribution in [1.82, 2.24) is 16.0 Å². The molecule has 4 aliphatic rings. The molecule has 4 fully saturated rings. The summed E-state index contributed by atoms with van der Waals surface area (Å²) in [6, 6.07) is -2.09. The summed E-state index contributed by atoms with van der Waals surface area (Å²) in [6.45, 7) is 27.7. The van der Waals surface area contributed by atoms with Crippen LogP contribution in [0.2, 0.25) is 0 Å². The summed E-state index contributed by atoms with van der Waals surface area (Å²) in [5.41, 5.74) is 0. The minimum atomic E-state index is -2.28. The molecule has 0 aromatic rings. The first-order valence-corrected chi connectivity index (χ1v) is 37.1. The predicted molar refractivity (Wildman–Crippen MR) is 380 cm³/mol. The van der Waals surface area contributed by atoms with Crippen molar-refractivity contribution in [2.45, 2.75) is 340 Å². The van der Waals surface area contributed by atoms with Crippen LogP contribution in [0.4, 0.5) is 0 Å². The number of Topliss-reactive ketones (excluding diaryl/α,β-unsaturated/α-hetero) is 3. The Bertz CT molecular complexity index is 2800. The number of carbonyl (C=O) groups is 10. The number of aliphatic carboxylic acids is 4. The number of nitrogens with one attached hydrogen (secondary N) is 3. The largest absolute Gasteiger partial charge is 0.477 e. The highest BCUT2D eigenvalue weighted by molar-refractivity contribution is 5.83. The predicted octanol–water partition coefficient (Wildman–Crippen LogP) is -1.06. The Hall–Kier alpha value is -5.50. The number of amides is 3. The highest BCUT2D eigenvalue weighted by Crippen LogP contribution is 2.42.